The molecule has 0 aliphatic carbocycles. The Kier molecular flexibility index (Phi) is 4.11. The average molecular weight is 383 g/mol. The van der Waals surface area contributed by atoms with Gasteiger partial charge >= 0.3 is 0 Å². The molecular formula is C17H17N7O2S. The smallest absolute Gasteiger partial charge is 0.203 e. The van der Waals surface area contributed by atoms with Crippen LogP contribution in [-0.2, 0) is 22.8 Å². The van der Waals surface area contributed by atoms with Gasteiger partial charge in [-0.15, -0.1) is 5.10 Å². The van der Waals surface area contributed by atoms with Crippen LogP contribution in [0.1, 0.15) is 16.7 Å². The molecule has 1 aromatic carbocycles. The van der Waals surface area contributed by atoms with Gasteiger partial charge in [0.2, 0.25) is 5.65 Å². The van der Waals surface area contributed by atoms with Gasteiger partial charge in [0.1, 0.15) is 11.3 Å². The Hall–Kier alpha value is -3.27. The minimum atomic E-state index is -3.24. The Labute approximate surface area is 155 Å². The van der Waals surface area contributed by atoms with Crippen LogP contribution in [0, 0.1) is 0 Å². The van der Waals surface area contributed by atoms with Crippen LogP contribution in [0.25, 0.3) is 11.2 Å². The summed E-state index contributed by atoms with van der Waals surface area (Å²) in [6.45, 7) is 0.473. The van der Waals surface area contributed by atoms with Gasteiger partial charge in [-0.3, -0.25) is 4.68 Å². The number of fused-ring (bicyclic) bond motifs is 1. The minimum Gasteiger partial charge on any atom is -0.384 e. The number of aromatic amines is 1. The molecule has 0 saturated carbocycles. The Morgan fingerprint density at radius 2 is 2.04 bits per heavy atom. The highest BCUT2D eigenvalue weighted by Gasteiger charge is 2.11. The number of anilines is 1. The van der Waals surface area contributed by atoms with E-state index in [1.165, 1.54) is 6.26 Å². The van der Waals surface area contributed by atoms with Gasteiger partial charge in [0, 0.05) is 18.9 Å². The van der Waals surface area contributed by atoms with Crippen molar-refractivity contribution >= 4 is 26.8 Å². The van der Waals surface area contributed by atoms with Gasteiger partial charge in [-0.25, -0.2) is 13.4 Å². The van der Waals surface area contributed by atoms with Crippen LogP contribution in [0.4, 0.5) is 5.82 Å². The molecule has 0 unspecified atom stereocenters. The molecule has 0 aliphatic rings. The summed E-state index contributed by atoms with van der Waals surface area (Å²) >= 11 is 0. The number of nitrogens with two attached hydrogens (primary N) is 1. The number of benzene rings is 1. The van der Waals surface area contributed by atoms with E-state index in [-0.39, 0.29) is 0 Å². The quantitative estimate of drug-likeness (QED) is 0.528. The van der Waals surface area contributed by atoms with Crippen LogP contribution in [0.15, 0.2) is 47.6 Å². The second kappa shape index (κ2) is 6.47. The van der Waals surface area contributed by atoms with E-state index in [0.29, 0.717) is 34.8 Å². The van der Waals surface area contributed by atoms with Gasteiger partial charge in [-0.05, 0) is 34.9 Å². The molecule has 0 saturated heterocycles. The normalized spacial score (nSPS) is 11.9. The first-order valence-corrected chi connectivity index (χ1v) is 10.0. The lowest BCUT2D eigenvalue weighted by atomic mass is 10.1. The van der Waals surface area contributed by atoms with E-state index in [0.717, 1.165) is 16.7 Å². The molecule has 27 heavy (non-hydrogen) atoms. The Morgan fingerprint density at radius 1 is 1.19 bits per heavy atom. The SMILES string of the molecule is CS(=O)(=O)c1cccc(Cn2cc(Cc3cc(N)nc4n[nH]nc34)cn2)c1. The van der Waals surface area contributed by atoms with Gasteiger partial charge < -0.3 is 5.73 Å². The van der Waals surface area contributed by atoms with E-state index in [1.54, 1.807) is 35.1 Å². The number of H-pyrrole nitrogens is 1. The number of hydrogen-bond acceptors (Lipinski definition) is 7. The lowest BCUT2D eigenvalue weighted by Crippen LogP contribution is -2.02. The minimum absolute atomic E-state index is 0.299. The van der Waals surface area contributed by atoms with Crippen molar-refractivity contribution in [3.8, 4) is 0 Å². The fourth-order valence-electron chi connectivity index (χ4n) is 2.92. The number of nitrogens with one attached hydrogen (secondary N) is 1. The van der Waals surface area contributed by atoms with Crippen LogP contribution in [0.3, 0.4) is 0 Å². The van der Waals surface area contributed by atoms with E-state index < -0.39 is 9.84 Å². The molecule has 0 spiro atoms. The largest absolute Gasteiger partial charge is 0.384 e. The van der Waals surface area contributed by atoms with Crippen molar-refractivity contribution in [1.82, 2.24) is 30.2 Å². The summed E-state index contributed by atoms with van der Waals surface area (Å²) in [4.78, 5) is 4.43. The zero-order valence-electron chi connectivity index (χ0n) is 14.5. The molecular weight excluding hydrogens is 366 g/mol. The maximum atomic E-state index is 11.7. The maximum Gasteiger partial charge on any atom is 0.203 e. The summed E-state index contributed by atoms with van der Waals surface area (Å²) in [7, 11) is -3.24. The Balaban J connectivity index is 1.56. The van der Waals surface area contributed by atoms with Crippen LogP contribution in [-0.4, -0.2) is 44.8 Å². The van der Waals surface area contributed by atoms with Crippen LogP contribution >= 0.6 is 0 Å². The van der Waals surface area contributed by atoms with Crippen molar-refractivity contribution in [3.63, 3.8) is 0 Å². The number of nitrogens with zero attached hydrogens (tertiary/aromatic N) is 5. The van der Waals surface area contributed by atoms with Crippen molar-refractivity contribution < 1.29 is 8.42 Å². The maximum absolute atomic E-state index is 11.7. The van der Waals surface area contributed by atoms with Crippen molar-refractivity contribution in [3.05, 3.63) is 59.4 Å². The van der Waals surface area contributed by atoms with E-state index in [4.69, 9.17) is 5.73 Å². The van der Waals surface area contributed by atoms with Crippen molar-refractivity contribution in [2.75, 3.05) is 12.0 Å². The van der Waals surface area contributed by atoms with Crippen LogP contribution in [0.2, 0.25) is 0 Å². The fraction of sp³-hybridized carbons (Fsp3) is 0.176. The average Bonchev–Trinajstić information content (AvgIpc) is 3.23. The first-order chi connectivity index (χ1) is 12.9. The molecule has 9 nitrogen and oxygen atoms in total. The number of rotatable bonds is 5. The lowest BCUT2D eigenvalue weighted by molar-refractivity contribution is 0.601. The molecule has 0 radical (unpaired) electrons. The summed E-state index contributed by atoms with van der Waals surface area (Å²) in [5.41, 5.74) is 9.74. The molecule has 3 aromatic heterocycles. The highest BCUT2D eigenvalue weighted by Crippen LogP contribution is 2.19. The van der Waals surface area contributed by atoms with E-state index in [9.17, 15) is 8.42 Å². The van der Waals surface area contributed by atoms with Gasteiger partial charge in [0.05, 0.1) is 17.6 Å². The molecule has 0 bridgehead atoms. The van der Waals surface area contributed by atoms with Crippen LogP contribution < -0.4 is 5.73 Å². The molecule has 4 rings (SSSR count). The molecule has 4 aromatic rings. The first kappa shape index (κ1) is 17.2. The highest BCUT2D eigenvalue weighted by atomic mass is 32.2. The van der Waals surface area contributed by atoms with Crippen molar-refractivity contribution in [1.29, 1.82) is 0 Å². The van der Waals surface area contributed by atoms with Gasteiger partial charge in [-0.2, -0.15) is 15.4 Å². The van der Waals surface area contributed by atoms with Gasteiger partial charge in [-0.1, -0.05) is 12.1 Å². The van der Waals surface area contributed by atoms with Crippen LogP contribution in [0.5, 0.6) is 0 Å². The molecule has 0 atom stereocenters. The Morgan fingerprint density at radius 3 is 2.85 bits per heavy atom. The first-order valence-electron chi connectivity index (χ1n) is 8.15. The molecule has 3 heterocycles. The third-order valence-electron chi connectivity index (χ3n) is 4.14. The second-order valence-corrected chi connectivity index (χ2v) is 8.36. The zero-order chi connectivity index (χ0) is 19.0. The van der Waals surface area contributed by atoms with Crippen molar-refractivity contribution in [2.45, 2.75) is 17.9 Å². The molecule has 0 fully saturated rings. The number of nitrogen functional groups attached to an aromatic ring is 1. The molecule has 138 valence electrons. The standard InChI is InChI=1S/C17H17N7O2S/c1-27(25,26)14-4-2-3-11(6-14)9-24-10-12(8-19-24)5-13-7-15(18)20-17-16(13)21-23-22-17/h2-4,6-8,10H,5,9H2,1H3,(H3,18,20,21,22,23). The predicted octanol–water partition coefficient (Wildman–Crippen LogP) is 1.17. The molecule has 3 N–H and O–H groups in total. The predicted molar refractivity (Wildman–Crippen MR) is 99.8 cm³/mol. The topological polar surface area (TPSA) is 132 Å². The second-order valence-electron chi connectivity index (χ2n) is 6.34. The van der Waals surface area contributed by atoms with E-state index in [1.807, 2.05) is 12.3 Å². The molecule has 0 amide bonds. The Bertz CT molecular complexity index is 1230. The lowest BCUT2D eigenvalue weighted by Gasteiger charge is -2.04. The van der Waals surface area contributed by atoms with Gasteiger partial charge in [0.15, 0.2) is 9.84 Å². The summed E-state index contributed by atoms with van der Waals surface area (Å²) in [6.07, 6.45) is 5.46. The number of pyridine rings is 1. The third kappa shape index (κ3) is 3.65. The number of aromatic nitrogens is 6. The van der Waals surface area contributed by atoms with E-state index in [2.05, 4.69) is 25.5 Å². The third-order valence-corrected chi connectivity index (χ3v) is 5.25. The highest BCUT2D eigenvalue weighted by molar-refractivity contribution is 7.90. The summed E-state index contributed by atoms with van der Waals surface area (Å²) < 4.78 is 25.2. The molecule has 0 aliphatic heterocycles. The summed E-state index contributed by atoms with van der Waals surface area (Å²) in [6, 6.07) is 8.64. The number of sulfone groups is 1. The van der Waals surface area contributed by atoms with Crippen molar-refractivity contribution in [2.24, 2.45) is 0 Å². The fourth-order valence-corrected chi connectivity index (χ4v) is 3.61. The summed E-state index contributed by atoms with van der Waals surface area (Å²) in [5.74, 6) is 0.386. The zero-order valence-corrected chi connectivity index (χ0v) is 15.3. The number of hydrogen-bond donors (Lipinski definition) is 2. The molecule has 10 heteroatoms. The van der Waals surface area contributed by atoms with Gasteiger partial charge in [0.25, 0.3) is 0 Å². The van der Waals surface area contributed by atoms with E-state index >= 15 is 0 Å². The summed E-state index contributed by atoms with van der Waals surface area (Å²) in [5, 5.41) is 15.0. The monoisotopic (exact) mass is 383 g/mol.